The lowest BCUT2D eigenvalue weighted by molar-refractivity contribution is -0.142. The molecule has 0 aliphatic heterocycles. The third kappa shape index (κ3) is 8.19. The van der Waals surface area contributed by atoms with Gasteiger partial charge in [0.25, 0.3) is 0 Å². The van der Waals surface area contributed by atoms with Gasteiger partial charge in [-0.2, -0.15) is 5.26 Å². The number of rotatable bonds is 10. The number of nitrogens with zero attached hydrogens (tertiary/aromatic N) is 1. The normalized spacial score (nSPS) is 13.2. The Hall–Kier alpha value is -3.86. The van der Waals surface area contributed by atoms with Gasteiger partial charge in [0.1, 0.15) is 18.7 Å². The number of amides is 2. The number of ether oxygens (including phenoxy) is 1. The van der Waals surface area contributed by atoms with Gasteiger partial charge in [-0.1, -0.05) is 60.7 Å². The van der Waals surface area contributed by atoms with E-state index in [0.29, 0.717) is 0 Å². The molecule has 0 aliphatic rings. The van der Waals surface area contributed by atoms with Gasteiger partial charge >= 0.3 is 12.1 Å². The highest BCUT2D eigenvalue weighted by atomic mass is 16.5. The summed E-state index contributed by atoms with van der Waals surface area (Å²) >= 11 is 0. The van der Waals surface area contributed by atoms with E-state index >= 15 is 0 Å². The second kappa shape index (κ2) is 12.0. The lowest BCUT2D eigenvalue weighted by Crippen LogP contribution is -2.52. The molecule has 0 aromatic heterocycles. The number of carboxylic acid groups (broad SMARTS) is 1. The second-order valence-corrected chi connectivity index (χ2v) is 7.11. The summed E-state index contributed by atoms with van der Waals surface area (Å²) in [6, 6.07) is 17.7. The molecule has 2 aromatic carbocycles. The molecule has 2 aromatic rings. The molecule has 0 saturated carbocycles. The van der Waals surface area contributed by atoms with Crippen LogP contribution in [-0.2, 0) is 27.4 Å². The summed E-state index contributed by atoms with van der Waals surface area (Å²) in [4.78, 5) is 36.6. The highest BCUT2D eigenvalue weighted by Crippen LogP contribution is 2.08. The SMILES string of the molecule is C[C@@H](C#N)C[C@@H](NC(=O)[C@H](Cc1ccccc1)NC(=O)OCc1ccccc1)C(=O)O. The summed E-state index contributed by atoms with van der Waals surface area (Å²) in [5.41, 5.74) is 1.57. The average molecular weight is 423 g/mol. The lowest BCUT2D eigenvalue weighted by atomic mass is 10.0. The van der Waals surface area contributed by atoms with Gasteiger partial charge in [-0.05, 0) is 24.5 Å². The van der Waals surface area contributed by atoms with Crippen molar-refractivity contribution in [3.8, 4) is 6.07 Å². The second-order valence-electron chi connectivity index (χ2n) is 7.11. The summed E-state index contributed by atoms with van der Waals surface area (Å²) in [7, 11) is 0. The van der Waals surface area contributed by atoms with Gasteiger partial charge in [0.05, 0.1) is 6.07 Å². The number of alkyl carbamates (subject to hydrolysis) is 1. The van der Waals surface area contributed by atoms with Gasteiger partial charge in [0.15, 0.2) is 0 Å². The van der Waals surface area contributed by atoms with Gasteiger partial charge in [0.2, 0.25) is 5.91 Å². The summed E-state index contributed by atoms with van der Waals surface area (Å²) in [5, 5.41) is 23.3. The number of hydrogen-bond donors (Lipinski definition) is 3. The summed E-state index contributed by atoms with van der Waals surface area (Å²) in [6.45, 7) is 1.60. The fourth-order valence-electron chi connectivity index (χ4n) is 2.87. The fraction of sp³-hybridized carbons (Fsp3) is 0.304. The summed E-state index contributed by atoms with van der Waals surface area (Å²) in [5.74, 6) is -2.48. The average Bonchev–Trinajstić information content (AvgIpc) is 2.78. The molecule has 0 fully saturated rings. The van der Waals surface area contributed by atoms with Crippen molar-refractivity contribution in [2.24, 2.45) is 5.92 Å². The van der Waals surface area contributed by atoms with E-state index in [-0.39, 0.29) is 19.4 Å². The highest BCUT2D eigenvalue weighted by Gasteiger charge is 2.28. The smallest absolute Gasteiger partial charge is 0.408 e. The Morgan fingerprint density at radius 2 is 1.55 bits per heavy atom. The van der Waals surface area contributed by atoms with Crippen LogP contribution in [0.1, 0.15) is 24.5 Å². The van der Waals surface area contributed by atoms with Crippen LogP contribution in [0.5, 0.6) is 0 Å². The number of nitriles is 1. The standard InChI is InChI=1S/C23H25N3O5/c1-16(14-24)12-20(22(28)29)25-21(27)19(13-17-8-4-2-5-9-17)26-23(30)31-15-18-10-6-3-7-11-18/h2-11,16,19-20H,12-13,15H2,1H3,(H,25,27)(H,26,30)(H,28,29)/t16-,19+,20-/m1/s1. The van der Waals surface area contributed by atoms with Crippen molar-refractivity contribution in [2.45, 2.75) is 38.5 Å². The zero-order valence-corrected chi connectivity index (χ0v) is 17.2. The Morgan fingerprint density at radius 1 is 0.968 bits per heavy atom. The van der Waals surface area contributed by atoms with Gasteiger partial charge < -0.3 is 20.5 Å². The van der Waals surface area contributed by atoms with Crippen LogP contribution in [0.2, 0.25) is 0 Å². The van der Waals surface area contributed by atoms with Crippen LogP contribution >= 0.6 is 0 Å². The monoisotopic (exact) mass is 423 g/mol. The minimum atomic E-state index is -1.25. The minimum absolute atomic E-state index is 0.0315. The molecule has 3 atom stereocenters. The van der Waals surface area contributed by atoms with Crippen LogP contribution in [0.4, 0.5) is 4.79 Å². The Balaban J connectivity index is 2.07. The molecule has 162 valence electrons. The number of carbonyl (C=O) groups excluding carboxylic acids is 2. The van der Waals surface area contributed by atoms with Crippen molar-refractivity contribution < 1.29 is 24.2 Å². The first kappa shape index (κ1) is 23.4. The van der Waals surface area contributed by atoms with Gasteiger partial charge in [-0.3, -0.25) is 4.79 Å². The molecule has 8 heteroatoms. The molecule has 2 amide bonds. The Morgan fingerprint density at radius 3 is 2.10 bits per heavy atom. The quantitative estimate of drug-likeness (QED) is 0.539. The first-order chi connectivity index (χ1) is 14.9. The van der Waals surface area contributed by atoms with E-state index in [0.717, 1.165) is 11.1 Å². The van der Waals surface area contributed by atoms with Crippen LogP contribution in [0.25, 0.3) is 0 Å². The van der Waals surface area contributed by atoms with Crippen molar-refractivity contribution >= 4 is 18.0 Å². The first-order valence-corrected chi connectivity index (χ1v) is 9.83. The lowest BCUT2D eigenvalue weighted by Gasteiger charge is -2.22. The zero-order valence-electron chi connectivity index (χ0n) is 17.2. The molecule has 0 aliphatic carbocycles. The molecule has 0 saturated heterocycles. The number of aliphatic carboxylic acids is 1. The minimum Gasteiger partial charge on any atom is -0.480 e. The molecule has 3 N–H and O–H groups in total. The van der Waals surface area contributed by atoms with E-state index in [9.17, 15) is 19.5 Å². The Labute approximate surface area is 180 Å². The molecule has 31 heavy (non-hydrogen) atoms. The molecule has 0 spiro atoms. The number of hydrogen-bond acceptors (Lipinski definition) is 5. The summed E-state index contributed by atoms with van der Waals surface area (Å²) < 4.78 is 5.19. The maximum absolute atomic E-state index is 12.8. The number of carboxylic acids is 1. The topological polar surface area (TPSA) is 129 Å². The van der Waals surface area contributed by atoms with E-state index < -0.39 is 36.0 Å². The molecule has 8 nitrogen and oxygen atoms in total. The van der Waals surface area contributed by atoms with Gasteiger partial charge in [-0.25, -0.2) is 9.59 Å². The number of carbonyl (C=O) groups is 3. The van der Waals surface area contributed by atoms with Crippen LogP contribution < -0.4 is 10.6 Å². The van der Waals surface area contributed by atoms with Crippen molar-refractivity contribution in [1.82, 2.24) is 10.6 Å². The Kier molecular flexibility index (Phi) is 9.05. The predicted octanol–water partition coefficient (Wildman–Crippen LogP) is 2.64. The van der Waals surface area contributed by atoms with E-state index in [1.165, 1.54) is 0 Å². The van der Waals surface area contributed by atoms with E-state index in [1.807, 2.05) is 30.3 Å². The maximum atomic E-state index is 12.8. The predicted molar refractivity (Wildman–Crippen MR) is 113 cm³/mol. The molecular formula is C23H25N3O5. The van der Waals surface area contributed by atoms with Crippen molar-refractivity contribution in [1.29, 1.82) is 5.26 Å². The van der Waals surface area contributed by atoms with E-state index in [2.05, 4.69) is 10.6 Å². The van der Waals surface area contributed by atoms with Crippen molar-refractivity contribution in [2.75, 3.05) is 0 Å². The van der Waals surface area contributed by atoms with E-state index in [1.54, 1.807) is 43.3 Å². The van der Waals surface area contributed by atoms with Crippen LogP contribution in [0.3, 0.4) is 0 Å². The van der Waals surface area contributed by atoms with Gasteiger partial charge in [0, 0.05) is 12.3 Å². The number of nitrogens with one attached hydrogen (secondary N) is 2. The first-order valence-electron chi connectivity index (χ1n) is 9.83. The van der Waals surface area contributed by atoms with Crippen LogP contribution in [-0.4, -0.2) is 35.2 Å². The van der Waals surface area contributed by atoms with Gasteiger partial charge in [-0.15, -0.1) is 0 Å². The third-order valence-electron chi connectivity index (χ3n) is 4.53. The molecule has 2 rings (SSSR count). The fourth-order valence-corrected chi connectivity index (χ4v) is 2.87. The molecular weight excluding hydrogens is 398 g/mol. The largest absolute Gasteiger partial charge is 0.480 e. The third-order valence-corrected chi connectivity index (χ3v) is 4.53. The molecule has 0 heterocycles. The summed E-state index contributed by atoms with van der Waals surface area (Å²) in [6.07, 6.45) is -0.696. The number of benzene rings is 2. The van der Waals surface area contributed by atoms with Crippen LogP contribution in [0, 0.1) is 17.2 Å². The maximum Gasteiger partial charge on any atom is 0.408 e. The highest BCUT2D eigenvalue weighted by molar-refractivity contribution is 5.89. The zero-order chi connectivity index (χ0) is 22.6. The molecule has 0 radical (unpaired) electrons. The van der Waals surface area contributed by atoms with E-state index in [4.69, 9.17) is 10.00 Å². The Bertz CT molecular complexity index is 912. The van der Waals surface area contributed by atoms with Crippen molar-refractivity contribution in [3.63, 3.8) is 0 Å². The van der Waals surface area contributed by atoms with Crippen LogP contribution in [0.15, 0.2) is 60.7 Å². The molecule has 0 unspecified atom stereocenters. The molecule has 0 bridgehead atoms. The van der Waals surface area contributed by atoms with Crippen molar-refractivity contribution in [3.05, 3.63) is 71.8 Å².